The number of nitrogens with two attached hydrogens (primary N) is 1. The van der Waals surface area contributed by atoms with Gasteiger partial charge in [-0.15, -0.1) is 0 Å². The summed E-state index contributed by atoms with van der Waals surface area (Å²) in [5, 5.41) is 2.52. The molecule has 0 amide bonds. The van der Waals surface area contributed by atoms with Crippen molar-refractivity contribution in [2.24, 2.45) is 0 Å². The maximum absolute atomic E-state index is 6.10. The van der Waals surface area contributed by atoms with Crippen LogP contribution >= 0.6 is 0 Å². The zero-order valence-electron chi connectivity index (χ0n) is 16.8. The Morgan fingerprint density at radius 1 is 0.714 bits per heavy atom. The quantitative estimate of drug-likeness (QED) is 0.256. The Morgan fingerprint density at radius 2 is 1.43 bits per heavy atom. The van der Waals surface area contributed by atoms with Crippen molar-refractivity contribution < 1.29 is 0 Å². The number of nitrogens with zero attached hydrogens (tertiary/aromatic N) is 1. The molecule has 0 aliphatic heterocycles. The Hall–Kier alpha value is -2.74. The molecule has 28 heavy (non-hydrogen) atoms. The number of anilines is 1. The molecule has 0 atom stereocenters. The number of unbranched alkanes of at least 4 members (excludes halogenated alkanes) is 5. The van der Waals surface area contributed by atoms with Gasteiger partial charge in [0.2, 0.25) is 0 Å². The zero-order chi connectivity index (χ0) is 19.3. The highest BCUT2D eigenvalue weighted by Gasteiger charge is 2.12. The van der Waals surface area contributed by atoms with Gasteiger partial charge in [0.25, 0.3) is 0 Å². The van der Waals surface area contributed by atoms with E-state index in [1.54, 1.807) is 0 Å². The van der Waals surface area contributed by atoms with Crippen LogP contribution in [0.2, 0.25) is 0 Å². The molecule has 3 aromatic carbocycles. The van der Waals surface area contributed by atoms with E-state index in [1.165, 1.54) is 78.0 Å². The fourth-order valence-electron chi connectivity index (χ4n) is 4.19. The van der Waals surface area contributed by atoms with Crippen molar-refractivity contribution in [2.45, 2.75) is 51.9 Å². The van der Waals surface area contributed by atoms with Gasteiger partial charge in [-0.3, -0.25) is 0 Å². The lowest BCUT2D eigenvalue weighted by molar-refractivity contribution is 0.607. The first kappa shape index (κ1) is 18.6. The number of nitrogen functional groups attached to an aromatic ring is 1. The molecule has 144 valence electrons. The van der Waals surface area contributed by atoms with Crippen LogP contribution in [0.15, 0.2) is 66.7 Å². The molecular formula is C26H30N2. The van der Waals surface area contributed by atoms with Crippen molar-refractivity contribution in [1.82, 2.24) is 4.57 Å². The van der Waals surface area contributed by atoms with Crippen LogP contribution in [0.4, 0.5) is 5.69 Å². The van der Waals surface area contributed by atoms with Gasteiger partial charge >= 0.3 is 0 Å². The third-order valence-corrected chi connectivity index (χ3v) is 5.71. The normalized spacial score (nSPS) is 11.5. The minimum atomic E-state index is 0.802. The van der Waals surface area contributed by atoms with Crippen LogP contribution in [0.25, 0.3) is 27.5 Å². The molecule has 2 nitrogen and oxygen atoms in total. The first-order valence-corrected chi connectivity index (χ1v) is 10.7. The molecule has 0 radical (unpaired) electrons. The maximum Gasteiger partial charge on any atom is 0.0561 e. The highest BCUT2D eigenvalue weighted by molar-refractivity contribution is 6.09. The molecule has 4 aromatic rings. The predicted molar refractivity (Wildman–Crippen MR) is 122 cm³/mol. The molecule has 0 bridgehead atoms. The Bertz CT molecular complexity index is 1060. The van der Waals surface area contributed by atoms with E-state index in [0.29, 0.717) is 0 Å². The fraction of sp³-hybridized carbons (Fsp3) is 0.308. The van der Waals surface area contributed by atoms with Gasteiger partial charge in [-0.2, -0.15) is 0 Å². The van der Waals surface area contributed by atoms with E-state index >= 15 is 0 Å². The molecule has 0 saturated heterocycles. The van der Waals surface area contributed by atoms with Gasteiger partial charge in [-0.05, 0) is 48.7 Å². The minimum Gasteiger partial charge on any atom is -0.399 e. The SMILES string of the molecule is CCCCCCCCc1ccc(-n2c3ccccc3c3ccc(N)cc32)cc1. The Kier molecular flexibility index (Phi) is 5.66. The third kappa shape index (κ3) is 3.77. The van der Waals surface area contributed by atoms with Gasteiger partial charge in [-0.1, -0.05) is 75.4 Å². The van der Waals surface area contributed by atoms with E-state index < -0.39 is 0 Å². The summed E-state index contributed by atoms with van der Waals surface area (Å²) >= 11 is 0. The summed E-state index contributed by atoms with van der Waals surface area (Å²) in [6, 6.07) is 23.9. The number of benzene rings is 3. The van der Waals surface area contributed by atoms with Crippen molar-refractivity contribution >= 4 is 27.5 Å². The summed E-state index contributed by atoms with van der Waals surface area (Å²) in [5.41, 5.74) is 11.9. The Balaban J connectivity index is 1.59. The number of hydrogen-bond acceptors (Lipinski definition) is 1. The van der Waals surface area contributed by atoms with Crippen LogP contribution in [-0.4, -0.2) is 4.57 Å². The number of rotatable bonds is 8. The second-order valence-corrected chi connectivity index (χ2v) is 7.81. The fourth-order valence-corrected chi connectivity index (χ4v) is 4.19. The zero-order valence-corrected chi connectivity index (χ0v) is 16.8. The summed E-state index contributed by atoms with van der Waals surface area (Å²) < 4.78 is 2.33. The van der Waals surface area contributed by atoms with Gasteiger partial charge in [0.1, 0.15) is 0 Å². The molecule has 0 aliphatic carbocycles. The average Bonchev–Trinajstić information content (AvgIpc) is 3.04. The summed E-state index contributed by atoms with van der Waals surface area (Å²) in [6.45, 7) is 2.27. The lowest BCUT2D eigenvalue weighted by atomic mass is 10.0. The van der Waals surface area contributed by atoms with Gasteiger partial charge < -0.3 is 10.3 Å². The highest BCUT2D eigenvalue weighted by Crippen LogP contribution is 2.33. The lowest BCUT2D eigenvalue weighted by Crippen LogP contribution is -1.95. The predicted octanol–water partition coefficient (Wildman–Crippen LogP) is 7.27. The first-order valence-electron chi connectivity index (χ1n) is 10.7. The second-order valence-electron chi connectivity index (χ2n) is 7.81. The van der Waals surface area contributed by atoms with E-state index in [2.05, 4.69) is 72.2 Å². The number of aryl methyl sites for hydroxylation is 1. The largest absolute Gasteiger partial charge is 0.399 e. The molecular weight excluding hydrogens is 340 g/mol. The number of hydrogen-bond donors (Lipinski definition) is 1. The van der Waals surface area contributed by atoms with Crippen LogP contribution < -0.4 is 5.73 Å². The lowest BCUT2D eigenvalue weighted by Gasteiger charge is -2.09. The van der Waals surface area contributed by atoms with Gasteiger partial charge in [0.05, 0.1) is 11.0 Å². The molecule has 0 unspecified atom stereocenters. The van der Waals surface area contributed by atoms with Crippen molar-refractivity contribution in [3.8, 4) is 5.69 Å². The monoisotopic (exact) mass is 370 g/mol. The van der Waals surface area contributed by atoms with Crippen LogP contribution in [0, 0.1) is 0 Å². The summed E-state index contributed by atoms with van der Waals surface area (Å²) in [6.07, 6.45) is 9.24. The minimum absolute atomic E-state index is 0.802. The van der Waals surface area contributed by atoms with Gasteiger partial charge in [0, 0.05) is 22.1 Å². The molecule has 0 spiro atoms. The van der Waals surface area contributed by atoms with Crippen LogP contribution in [0.3, 0.4) is 0 Å². The van der Waals surface area contributed by atoms with Crippen molar-refractivity contribution in [3.05, 3.63) is 72.3 Å². The van der Waals surface area contributed by atoms with Crippen LogP contribution in [0.5, 0.6) is 0 Å². The van der Waals surface area contributed by atoms with E-state index in [1.807, 2.05) is 6.07 Å². The second kappa shape index (κ2) is 8.52. The number of fused-ring (bicyclic) bond motifs is 3. The standard InChI is InChI=1S/C26H30N2/c1-2-3-4-5-6-7-10-20-13-16-22(17-14-20)28-25-12-9-8-11-23(25)24-18-15-21(27)19-26(24)28/h8-9,11-19H,2-7,10,27H2,1H3. The third-order valence-electron chi connectivity index (χ3n) is 5.71. The van der Waals surface area contributed by atoms with E-state index in [4.69, 9.17) is 5.73 Å². The average molecular weight is 371 g/mol. The van der Waals surface area contributed by atoms with Crippen LogP contribution in [-0.2, 0) is 6.42 Å². The van der Waals surface area contributed by atoms with Gasteiger partial charge in [-0.25, -0.2) is 0 Å². The Labute approximate surface area is 168 Å². The van der Waals surface area contributed by atoms with E-state index in [0.717, 1.165) is 5.69 Å². The molecule has 0 fully saturated rings. The highest BCUT2D eigenvalue weighted by atomic mass is 15.0. The summed E-state index contributed by atoms with van der Waals surface area (Å²) in [4.78, 5) is 0. The van der Waals surface area contributed by atoms with Crippen LogP contribution in [0.1, 0.15) is 51.0 Å². The molecule has 0 aliphatic rings. The summed E-state index contributed by atoms with van der Waals surface area (Å²) in [5.74, 6) is 0. The molecule has 1 heterocycles. The van der Waals surface area contributed by atoms with Gasteiger partial charge in [0.15, 0.2) is 0 Å². The Morgan fingerprint density at radius 3 is 2.25 bits per heavy atom. The molecule has 2 N–H and O–H groups in total. The molecule has 1 aromatic heterocycles. The number of aromatic nitrogens is 1. The molecule has 2 heteroatoms. The van der Waals surface area contributed by atoms with E-state index in [-0.39, 0.29) is 0 Å². The van der Waals surface area contributed by atoms with Crippen molar-refractivity contribution in [3.63, 3.8) is 0 Å². The van der Waals surface area contributed by atoms with E-state index in [9.17, 15) is 0 Å². The van der Waals surface area contributed by atoms with Crippen molar-refractivity contribution in [1.29, 1.82) is 0 Å². The molecule has 0 saturated carbocycles. The first-order chi connectivity index (χ1) is 13.8. The molecule has 4 rings (SSSR count). The van der Waals surface area contributed by atoms with Crippen molar-refractivity contribution in [2.75, 3.05) is 5.73 Å². The number of para-hydroxylation sites is 1. The smallest absolute Gasteiger partial charge is 0.0561 e. The summed E-state index contributed by atoms with van der Waals surface area (Å²) in [7, 11) is 0. The topological polar surface area (TPSA) is 30.9 Å². The maximum atomic E-state index is 6.10.